The number of aromatic nitrogens is 2. The first-order chi connectivity index (χ1) is 13.5. The van der Waals surface area contributed by atoms with Crippen molar-refractivity contribution in [2.75, 3.05) is 5.32 Å². The summed E-state index contributed by atoms with van der Waals surface area (Å²) < 4.78 is 1.83. The summed E-state index contributed by atoms with van der Waals surface area (Å²) in [6.07, 6.45) is 5.72. The molecule has 2 amide bonds. The van der Waals surface area contributed by atoms with Gasteiger partial charge in [0.2, 0.25) is 11.8 Å². The SMILES string of the molecule is CCC(C)C(=O)Nc1cccc(CNC(=O)/C=C/c2c(Cl)nc3sccn23)c1. The van der Waals surface area contributed by atoms with Gasteiger partial charge in [-0.1, -0.05) is 37.6 Å². The van der Waals surface area contributed by atoms with Gasteiger partial charge in [0, 0.05) is 35.8 Å². The predicted molar refractivity (Wildman–Crippen MR) is 113 cm³/mol. The predicted octanol–water partition coefficient (Wildman–Crippen LogP) is 4.36. The summed E-state index contributed by atoms with van der Waals surface area (Å²) in [5, 5.41) is 7.99. The number of hydrogen-bond acceptors (Lipinski definition) is 4. The number of hydrogen-bond donors (Lipinski definition) is 2. The lowest BCUT2D eigenvalue weighted by Gasteiger charge is -2.11. The second kappa shape index (κ2) is 9.03. The fraction of sp³-hybridized carbons (Fsp3) is 0.250. The van der Waals surface area contributed by atoms with Gasteiger partial charge < -0.3 is 10.6 Å². The molecule has 2 N–H and O–H groups in total. The lowest BCUT2D eigenvalue weighted by atomic mass is 10.1. The van der Waals surface area contributed by atoms with Gasteiger partial charge in [-0.2, -0.15) is 0 Å². The van der Waals surface area contributed by atoms with Gasteiger partial charge in [0.15, 0.2) is 10.1 Å². The van der Waals surface area contributed by atoms with Crippen molar-refractivity contribution in [2.24, 2.45) is 5.92 Å². The van der Waals surface area contributed by atoms with Gasteiger partial charge in [-0.25, -0.2) is 4.98 Å². The molecule has 8 heteroatoms. The van der Waals surface area contributed by atoms with Crippen molar-refractivity contribution in [1.82, 2.24) is 14.7 Å². The summed E-state index contributed by atoms with van der Waals surface area (Å²) in [5.41, 5.74) is 2.28. The van der Waals surface area contributed by atoms with Crippen LogP contribution in [-0.2, 0) is 16.1 Å². The number of nitrogens with one attached hydrogen (secondary N) is 2. The third-order valence-electron chi connectivity index (χ3n) is 4.37. The maximum atomic E-state index is 12.2. The zero-order valence-corrected chi connectivity index (χ0v) is 17.2. The monoisotopic (exact) mass is 416 g/mol. The highest BCUT2D eigenvalue weighted by Crippen LogP contribution is 2.22. The van der Waals surface area contributed by atoms with Crippen LogP contribution in [0.1, 0.15) is 31.5 Å². The van der Waals surface area contributed by atoms with E-state index in [1.165, 1.54) is 17.4 Å². The molecule has 0 aliphatic rings. The number of nitrogens with zero attached hydrogens (tertiary/aromatic N) is 2. The van der Waals surface area contributed by atoms with Crippen LogP contribution in [0.25, 0.3) is 11.0 Å². The molecule has 6 nitrogen and oxygen atoms in total. The third kappa shape index (κ3) is 4.79. The molecule has 0 fully saturated rings. The normalized spacial score (nSPS) is 12.4. The van der Waals surface area contributed by atoms with Crippen LogP contribution in [0, 0.1) is 5.92 Å². The molecule has 0 aliphatic carbocycles. The number of carbonyl (C=O) groups is 2. The Hall–Kier alpha value is -2.64. The number of carbonyl (C=O) groups excluding carboxylic acids is 2. The summed E-state index contributed by atoms with van der Waals surface area (Å²) in [4.78, 5) is 29.2. The highest BCUT2D eigenvalue weighted by Gasteiger charge is 2.11. The van der Waals surface area contributed by atoms with E-state index in [-0.39, 0.29) is 17.7 Å². The van der Waals surface area contributed by atoms with E-state index in [1.54, 1.807) is 6.08 Å². The van der Waals surface area contributed by atoms with Crippen molar-refractivity contribution in [3.05, 3.63) is 58.3 Å². The number of thiazole rings is 1. The number of amides is 2. The molecule has 2 heterocycles. The van der Waals surface area contributed by atoms with Crippen LogP contribution in [0.5, 0.6) is 0 Å². The van der Waals surface area contributed by atoms with Crippen molar-refractivity contribution in [2.45, 2.75) is 26.8 Å². The first-order valence-electron chi connectivity index (χ1n) is 8.94. The highest BCUT2D eigenvalue weighted by molar-refractivity contribution is 7.15. The zero-order valence-electron chi connectivity index (χ0n) is 15.6. The van der Waals surface area contributed by atoms with Gasteiger partial charge >= 0.3 is 0 Å². The molecular weight excluding hydrogens is 396 g/mol. The van der Waals surface area contributed by atoms with Gasteiger partial charge in [0.1, 0.15) is 0 Å². The lowest BCUT2D eigenvalue weighted by molar-refractivity contribution is -0.119. The van der Waals surface area contributed by atoms with E-state index in [9.17, 15) is 9.59 Å². The third-order valence-corrected chi connectivity index (χ3v) is 5.40. The molecule has 1 unspecified atom stereocenters. The average molecular weight is 417 g/mol. The van der Waals surface area contributed by atoms with Crippen LogP contribution in [0.3, 0.4) is 0 Å². The Kier molecular flexibility index (Phi) is 6.49. The summed E-state index contributed by atoms with van der Waals surface area (Å²) in [6.45, 7) is 4.22. The second-order valence-electron chi connectivity index (χ2n) is 6.39. The summed E-state index contributed by atoms with van der Waals surface area (Å²) in [7, 11) is 0. The van der Waals surface area contributed by atoms with E-state index in [4.69, 9.17) is 11.6 Å². The zero-order chi connectivity index (χ0) is 20.1. The van der Waals surface area contributed by atoms with Crippen LogP contribution in [-0.4, -0.2) is 21.2 Å². The molecule has 0 saturated heterocycles. The van der Waals surface area contributed by atoms with Crippen molar-refractivity contribution in [3.8, 4) is 0 Å². The lowest BCUT2D eigenvalue weighted by Crippen LogP contribution is -2.21. The van der Waals surface area contributed by atoms with Crippen molar-refractivity contribution in [3.63, 3.8) is 0 Å². The Morgan fingerprint density at radius 1 is 1.39 bits per heavy atom. The second-order valence-corrected chi connectivity index (χ2v) is 7.62. The molecule has 3 aromatic rings. The standard InChI is InChI=1S/C20H21ClN4O2S/c1-3-13(2)19(27)23-15-6-4-5-14(11-15)12-22-17(26)8-7-16-18(21)24-20-25(16)9-10-28-20/h4-11,13H,3,12H2,1-2H3,(H,22,26)(H,23,27)/b8-7+. The van der Waals surface area contributed by atoms with Crippen LogP contribution in [0.4, 0.5) is 5.69 Å². The van der Waals surface area contributed by atoms with Crippen LogP contribution >= 0.6 is 22.9 Å². The van der Waals surface area contributed by atoms with Gasteiger partial charge in [-0.05, 0) is 30.2 Å². The molecule has 0 saturated carbocycles. The number of benzene rings is 1. The fourth-order valence-corrected chi connectivity index (χ4v) is 3.54. The fourth-order valence-electron chi connectivity index (χ4n) is 2.54. The summed E-state index contributed by atoms with van der Waals surface area (Å²) in [6, 6.07) is 7.43. The molecule has 0 radical (unpaired) electrons. The van der Waals surface area contributed by atoms with Gasteiger partial charge in [0.05, 0.1) is 5.69 Å². The quantitative estimate of drug-likeness (QED) is 0.562. The van der Waals surface area contributed by atoms with E-state index < -0.39 is 0 Å². The number of imidazole rings is 1. The van der Waals surface area contributed by atoms with Crippen molar-refractivity contribution < 1.29 is 9.59 Å². The maximum Gasteiger partial charge on any atom is 0.244 e. The van der Waals surface area contributed by atoms with Gasteiger partial charge in [0.25, 0.3) is 0 Å². The Bertz CT molecular complexity index is 1020. The largest absolute Gasteiger partial charge is 0.348 e. The first-order valence-corrected chi connectivity index (χ1v) is 10.2. The minimum absolute atomic E-state index is 0.0101. The van der Waals surface area contributed by atoms with E-state index in [2.05, 4.69) is 15.6 Å². The highest BCUT2D eigenvalue weighted by atomic mass is 35.5. The smallest absolute Gasteiger partial charge is 0.244 e. The number of anilines is 1. The molecule has 28 heavy (non-hydrogen) atoms. The number of fused-ring (bicyclic) bond motifs is 1. The Morgan fingerprint density at radius 3 is 3.00 bits per heavy atom. The van der Waals surface area contributed by atoms with Crippen molar-refractivity contribution >= 4 is 51.5 Å². The van der Waals surface area contributed by atoms with E-state index in [1.807, 2.05) is 54.1 Å². The molecule has 0 spiro atoms. The Morgan fingerprint density at radius 2 is 2.21 bits per heavy atom. The number of rotatable bonds is 7. The molecular formula is C20H21ClN4O2S. The Balaban J connectivity index is 1.59. The molecule has 3 rings (SSSR count). The summed E-state index contributed by atoms with van der Waals surface area (Å²) in [5.74, 6) is -0.294. The minimum Gasteiger partial charge on any atom is -0.348 e. The minimum atomic E-state index is -0.240. The van der Waals surface area contributed by atoms with Crippen LogP contribution in [0.2, 0.25) is 5.15 Å². The summed E-state index contributed by atoms with van der Waals surface area (Å²) >= 11 is 7.59. The van der Waals surface area contributed by atoms with Crippen LogP contribution in [0.15, 0.2) is 41.9 Å². The topological polar surface area (TPSA) is 75.5 Å². The van der Waals surface area contributed by atoms with Crippen molar-refractivity contribution in [1.29, 1.82) is 0 Å². The van der Waals surface area contributed by atoms with E-state index in [0.29, 0.717) is 17.4 Å². The molecule has 1 aromatic carbocycles. The van der Waals surface area contributed by atoms with E-state index in [0.717, 1.165) is 22.6 Å². The molecule has 1 atom stereocenters. The Labute approximate surface area is 172 Å². The van der Waals surface area contributed by atoms with Crippen LogP contribution < -0.4 is 10.6 Å². The maximum absolute atomic E-state index is 12.2. The van der Waals surface area contributed by atoms with Gasteiger partial charge in [-0.3, -0.25) is 14.0 Å². The van der Waals surface area contributed by atoms with Gasteiger partial charge in [-0.15, -0.1) is 11.3 Å². The average Bonchev–Trinajstić information content (AvgIpc) is 3.25. The number of halogens is 1. The van der Waals surface area contributed by atoms with E-state index >= 15 is 0 Å². The molecule has 2 aromatic heterocycles. The molecule has 146 valence electrons. The first kappa shape index (κ1) is 20.1. The molecule has 0 aliphatic heterocycles. The molecule has 0 bridgehead atoms.